The van der Waals surface area contributed by atoms with Crippen molar-refractivity contribution in [2.45, 2.75) is 13.5 Å². The first-order chi connectivity index (χ1) is 17.1. The molecular weight excluding hydrogens is 442 g/mol. The molecule has 0 aliphatic carbocycles. The van der Waals surface area contributed by atoms with Crippen molar-refractivity contribution < 1.29 is 23.7 Å². The molecule has 35 heavy (non-hydrogen) atoms. The number of nitrogens with one attached hydrogen (secondary N) is 1. The first kappa shape index (κ1) is 23.7. The van der Waals surface area contributed by atoms with Gasteiger partial charge in [0.05, 0.1) is 13.7 Å². The smallest absolute Gasteiger partial charge is 0.255 e. The Morgan fingerprint density at radius 2 is 1.46 bits per heavy atom. The Kier molecular flexibility index (Phi) is 7.86. The molecule has 0 heterocycles. The average Bonchev–Trinajstić information content (AvgIpc) is 2.90. The molecule has 0 saturated heterocycles. The molecule has 0 fully saturated rings. The lowest BCUT2D eigenvalue weighted by Gasteiger charge is -2.14. The van der Waals surface area contributed by atoms with Crippen LogP contribution in [0.3, 0.4) is 0 Å². The van der Waals surface area contributed by atoms with Gasteiger partial charge in [0, 0.05) is 22.9 Å². The maximum atomic E-state index is 12.9. The Bertz CT molecular complexity index is 1260. The zero-order valence-electron chi connectivity index (χ0n) is 19.7. The Balaban J connectivity index is 1.44. The van der Waals surface area contributed by atoms with Gasteiger partial charge in [-0.2, -0.15) is 0 Å². The summed E-state index contributed by atoms with van der Waals surface area (Å²) in [5, 5.41) is 2.92. The molecule has 0 unspecified atom stereocenters. The van der Waals surface area contributed by atoms with Crippen molar-refractivity contribution in [2.75, 3.05) is 19.0 Å². The number of hydrogen-bond acceptors (Lipinski definition) is 5. The Hall–Kier alpha value is -4.45. The molecule has 1 N–H and O–H groups in total. The Labute approximate surface area is 205 Å². The van der Waals surface area contributed by atoms with Crippen molar-refractivity contribution in [3.8, 4) is 28.7 Å². The van der Waals surface area contributed by atoms with Gasteiger partial charge in [-0.3, -0.25) is 4.79 Å². The summed E-state index contributed by atoms with van der Waals surface area (Å²) in [5.41, 5.74) is 1.94. The van der Waals surface area contributed by atoms with Gasteiger partial charge in [-0.05, 0) is 73.7 Å². The van der Waals surface area contributed by atoms with Gasteiger partial charge in [0.25, 0.3) is 5.91 Å². The molecule has 0 bridgehead atoms. The van der Waals surface area contributed by atoms with E-state index in [9.17, 15) is 4.79 Å². The van der Waals surface area contributed by atoms with E-state index in [1.165, 1.54) is 0 Å². The van der Waals surface area contributed by atoms with Crippen molar-refractivity contribution >= 4 is 11.6 Å². The van der Waals surface area contributed by atoms with Crippen LogP contribution in [0.1, 0.15) is 22.8 Å². The molecule has 0 radical (unpaired) electrons. The highest BCUT2D eigenvalue weighted by Crippen LogP contribution is 2.26. The van der Waals surface area contributed by atoms with Crippen molar-refractivity contribution in [1.82, 2.24) is 0 Å². The quantitative estimate of drug-likeness (QED) is 0.279. The number of ether oxygens (including phenoxy) is 4. The number of hydrogen-bond donors (Lipinski definition) is 1. The number of benzene rings is 4. The second kappa shape index (κ2) is 11.6. The summed E-state index contributed by atoms with van der Waals surface area (Å²) in [6.45, 7) is 2.67. The van der Waals surface area contributed by atoms with E-state index in [1.54, 1.807) is 37.4 Å². The van der Waals surface area contributed by atoms with E-state index in [1.807, 2.05) is 73.7 Å². The standard InChI is InChI=1S/C29H27NO5/c1-3-33-28-17-12-21(18-22(28)20-34-27-11-7-10-26(19-27)32-2)29(31)30-23-13-15-25(16-14-23)35-24-8-5-4-6-9-24/h4-19H,3,20H2,1-2H3,(H,30,31). The maximum Gasteiger partial charge on any atom is 0.255 e. The van der Waals surface area contributed by atoms with Crippen LogP contribution in [-0.4, -0.2) is 19.6 Å². The predicted molar refractivity (Wildman–Crippen MR) is 136 cm³/mol. The molecule has 4 aromatic carbocycles. The lowest BCUT2D eigenvalue weighted by molar-refractivity contribution is 0.102. The summed E-state index contributed by atoms with van der Waals surface area (Å²) < 4.78 is 22.7. The van der Waals surface area contributed by atoms with Crippen molar-refractivity contribution in [3.63, 3.8) is 0 Å². The number of rotatable bonds is 10. The molecule has 178 valence electrons. The van der Waals surface area contributed by atoms with Gasteiger partial charge in [0.1, 0.15) is 35.4 Å². The highest BCUT2D eigenvalue weighted by atomic mass is 16.5. The first-order valence-corrected chi connectivity index (χ1v) is 11.3. The minimum atomic E-state index is -0.229. The lowest BCUT2D eigenvalue weighted by Crippen LogP contribution is -2.13. The van der Waals surface area contributed by atoms with Gasteiger partial charge >= 0.3 is 0 Å². The minimum absolute atomic E-state index is 0.229. The van der Waals surface area contributed by atoms with Crippen LogP contribution in [0.4, 0.5) is 5.69 Å². The molecule has 4 aromatic rings. The predicted octanol–water partition coefficient (Wildman–Crippen LogP) is 6.72. The van der Waals surface area contributed by atoms with Crippen LogP contribution >= 0.6 is 0 Å². The fraction of sp³-hybridized carbons (Fsp3) is 0.138. The third-order valence-corrected chi connectivity index (χ3v) is 5.15. The molecule has 0 aliphatic heterocycles. The first-order valence-electron chi connectivity index (χ1n) is 11.3. The number of methoxy groups -OCH3 is 1. The lowest BCUT2D eigenvalue weighted by atomic mass is 10.1. The van der Waals surface area contributed by atoms with Crippen molar-refractivity contribution in [2.24, 2.45) is 0 Å². The van der Waals surface area contributed by atoms with E-state index in [2.05, 4.69) is 5.32 Å². The molecule has 0 aliphatic rings. The van der Waals surface area contributed by atoms with Gasteiger partial charge in [0.2, 0.25) is 0 Å². The number of amides is 1. The van der Waals surface area contributed by atoms with E-state index in [4.69, 9.17) is 18.9 Å². The van der Waals surface area contributed by atoms with E-state index in [0.717, 1.165) is 11.3 Å². The topological polar surface area (TPSA) is 66.0 Å². The van der Waals surface area contributed by atoms with Gasteiger partial charge in [-0.25, -0.2) is 0 Å². The molecule has 0 aromatic heterocycles. The fourth-order valence-electron chi connectivity index (χ4n) is 3.42. The third-order valence-electron chi connectivity index (χ3n) is 5.15. The van der Waals surface area contributed by atoms with Crippen LogP contribution in [0.15, 0.2) is 97.1 Å². The zero-order valence-corrected chi connectivity index (χ0v) is 19.7. The van der Waals surface area contributed by atoms with Crippen LogP contribution < -0.4 is 24.3 Å². The molecule has 0 saturated carbocycles. The largest absolute Gasteiger partial charge is 0.497 e. The molecule has 0 spiro atoms. The number of carbonyl (C=O) groups excluding carboxylic acids is 1. The van der Waals surface area contributed by atoms with Crippen LogP contribution in [0.5, 0.6) is 28.7 Å². The number of anilines is 1. The van der Waals surface area contributed by atoms with Crippen LogP contribution in [-0.2, 0) is 6.61 Å². The summed E-state index contributed by atoms with van der Waals surface area (Å²) in [6, 6.07) is 29.4. The molecule has 6 nitrogen and oxygen atoms in total. The summed E-state index contributed by atoms with van der Waals surface area (Å²) in [7, 11) is 1.61. The van der Waals surface area contributed by atoms with E-state index < -0.39 is 0 Å². The van der Waals surface area contributed by atoms with Crippen LogP contribution in [0.25, 0.3) is 0 Å². The number of carbonyl (C=O) groups is 1. The van der Waals surface area contributed by atoms with Gasteiger partial charge in [-0.1, -0.05) is 24.3 Å². The Morgan fingerprint density at radius 1 is 0.743 bits per heavy atom. The second-order valence-corrected chi connectivity index (χ2v) is 7.62. The highest BCUT2D eigenvalue weighted by Gasteiger charge is 2.12. The van der Waals surface area contributed by atoms with Crippen LogP contribution in [0, 0.1) is 0 Å². The monoisotopic (exact) mass is 469 g/mol. The van der Waals surface area contributed by atoms with E-state index >= 15 is 0 Å². The van der Waals surface area contributed by atoms with E-state index in [-0.39, 0.29) is 12.5 Å². The highest BCUT2D eigenvalue weighted by molar-refractivity contribution is 6.04. The van der Waals surface area contributed by atoms with Gasteiger partial charge in [-0.15, -0.1) is 0 Å². The van der Waals surface area contributed by atoms with Crippen molar-refractivity contribution in [3.05, 3.63) is 108 Å². The minimum Gasteiger partial charge on any atom is -0.497 e. The second-order valence-electron chi connectivity index (χ2n) is 7.62. The molecule has 6 heteroatoms. The Morgan fingerprint density at radius 3 is 2.20 bits per heavy atom. The fourth-order valence-corrected chi connectivity index (χ4v) is 3.42. The maximum absolute atomic E-state index is 12.9. The summed E-state index contributed by atoms with van der Waals surface area (Å²) in [5.74, 6) is 3.26. The number of para-hydroxylation sites is 1. The van der Waals surface area contributed by atoms with Crippen LogP contribution in [0.2, 0.25) is 0 Å². The van der Waals surface area contributed by atoms with Gasteiger partial charge in [0.15, 0.2) is 0 Å². The average molecular weight is 470 g/mol. The third kappa shape index (κ3) is 6.54. The molecule has 0 atom stereocenters. The van der Waals surface area contributed by atoms with Gasteiger partial charge < -0.3 is 24.3 Å². The SMILES string of the molecule is CCOc1ccc(C(=O)Nc2ccc(Oc3ccccc3)cc2)cc1COc1cccc(OC)c1. The zero-order chi connectivity index (χ0) is 24.5. The molecule has 4 rings (SSSR count). The summed E-state index contributed by atoms with van der Waals surface area (Å²) in [6.07, 6.45) is 0. The van der Waals surface area contributed by atoms with Crippen molar-refractivity contribution in [1.29, 1.82) is 0 Å². The van der Waals surface area contributed by atoms with E-state index in [0.29, 0.717) is 40.9 Å². The molecular formula is C29H27NO5. The molecule has 1 amide bonds. The summed E-state index contributed by atoms with van der Waals surface area (Å²) in [4.78, 5) is 12.9. The summed E-state index contributed by atoms with van der Waals surface area (Å²) >= 11 is 0. The normalized spacial score (nSPS) is 10.3.